The summed E-state index contributed by atoms with van der Waals surface area (Å²) >= 11 is 5.22. The highest BCUT2D eigenvalue weighted by atomic mass is 32.2. The summed E-state index contributed by atoms with van der Waals surface area (Å²) in [5, 5.41) is 5.71. The van der Waals surface area contributed by atoms with Crippen molar-refractivity contribution in [1.29, 1.82) is 0 Å². The van der Waals surface area contributed by atoms with Crippen molar-refractivity contribution in [3.63, 3.8) is 0 Å². The van der Waals surface area contributed by atoms with E-state index in [1.807, 2.05) is 12.1 Å². The Morgan fingerprint density at radius 3 is 2.16 bits per heavy atom. The lowest BCUT2D eigenvalue weighted by atomic mass is 9.96. The van der Waals surface area contributed by atoms with Crippen molar-refractivity contribution in [3.8, 4) is 0 Å². The van der Waals surface area contributed by atoms with Crippen LogP contribution in [-0.2, 0) is 10.0 Å². The Bertz CT molecular complexity index is 1010. The Hall–Kier alpha value is -2.29. The lowest BCUT2D eigenvalue weighted by Crippen LogP contribution is -2.36. The summed E-state index contributed by atoms with van der Waals surface area (Å²) in [7, 11) is -3.55. The number of hydrogen-bond acceptors (Lipinski definition) is 4. The number of hydrogen-bond donors (Lipinski definition) is 3. The van der Waals surface area contributed by atoms with Gasteiger partial charge in [-0.3, -0.25) is 10.1 Å². The van der Waals surface area contributed by atoms with Crippen molar-refractivity contribution < 1.29 is 13.2 Å². The van der Waals surface area contributed by atoms with Gasteiger partial charge < -0.3 is 5.32 Å². The van der Waals surface area contributed by atoms with E-state index in [9.17, 15) is 13.2 Å². The topological polar surface area (TPSA) is 87.3 Å². The fourth-order valence-electron chi connectivity index (χ4n) is 3.58. The van der Waals surface area contributed by atoms with E-state index >= 15 is 0 Å². The van der Waals surface area contributed by atoms with E-state index in [-0.39, 0.29) is 22.0 Å². The fraction of sp³-hybridized carbons (Fsp3) is 0.391. The highest BCUT2D eigenvalue weighted by Crippen LogP contribution is 2.21. The van der Waals surface area contributed by atoms with Gasteiger partial charge in [-0.25, -0.2) is 13.1 Å². The number of nitrogens with one attached hydrogen (secondary N) is 3. The van der Waals surface area contributed by atoms with Gasteiger partial charge in [0.2, 0.25) is 10.0 Å². The summed E-state index contributed by atoms with van der Waals surface area (Å²) in [6.45, 7) is 4.19. The first kappa shape index (κ1) is 23.4. The molecular weight excluding hydrogens is 430 g/mol. The van der Waals surface area contributed by atoms with Gasteiger partial charge >= 0.3 is 0 Å². The summed E-state index contributed by atoms with van der Waals surface area (Å²) in [4.78, 5) is 12.6. The molecule has 0 saturated heterocycles. The average molecular weight is 460 g/mol. The molecule has 31 heavy (non-hydrogen) atoms. The van der Waals surface area contributed by atoms with Gasteiger partial charge in [0.25, 0.3) is 5.91 Å². The molecular formula is C23H29N3O3S2. The summed E-state index contributed by atoms with van der Waals surface area (Å²) in [5.41, 5.74) is 2.27. The van der Waals surface area contributed by atoms with Gasteiger partial charge in [0, 0.05) is 17.3 Å². The Balaban J connectivity index is 1.56. The minimum atomic E-state index is -3.55. The Labute approximate surface area is 189 Å². The molecule has 0 spiro atoms. The maximum Gasteiger partial charge on any atom is 0.257 e. The molecule has 3 N–H and O–H groups in total. The first-order valence-electron chi connectivity index (χ1n) is 10.6. The quantitative estimate of drug-likeness (QED) is 0.552. The number of sulfonamides is 1. The molecule has 1 aliphatic carbocycles. The van der Waals surface area contributed by atoms with E-state index in [1.54, 1.807) is 24.3 Å². The van der Waals surface area contributed by atoms with E-state index in [0.29, 0.717) is 17.2 Å². The normalized spacial score (nSPS) is 14.9. The van der Waals surface area contributed by atoms with Gasteiger partial charge in [-0.1, -0.05) is 45.2 Å². The molecule has 0 heterocycles. The molecule has 3 rings (SSSR count). The zero-order valence-corrected chi connectivity index (χ0v) is 19.5. The molecule has 0 radical (unpaired) electrons. The van der Waals surface area contributed by atoms with Gasteiger partial charge in [-0.15, -0.1) is 0 Å². The minimum Gasteiger partial charge on any atom is -0.332 e. The Morgan fingerprint density at radius 1 is 0.968 bits per heavy atom. The van der Waals surface area contributed by atoms with Crippen LogP contribution in [0.25, 0.3) is 0 Å². The molecule has 1 aliphatic rings. The van der Waals surface area contributed by atoms with Gasteiger partial charge in [0.15, 0.2) is 5.11 Å². The molecule has 0 bridgehead atoms. The third kappa shape index (κ3) is 6.59. The smallest absolute Gasteiger partial charge is 0.257 e. The first-order chi connectivity index (χ1) is 14.7. The molecule has 0 atom stereocenters. The molecule has 1 saturated carbocycles. The van der Waals surface area contributed by atoms with Gasteiger partial charge in [0.05, 0.1) is 4.90 Å². The number of benzene rings is 2. The van der Waals surface area contributed by atoms with Crippen molar-refractivity contribution in [2.45, 2.75) is 62.8 Å². The van der Waals surface area contributed by atoms with E-state index < -0.39 is 10.0 Å². The Morgan fingerprint density at radius 2 is 1.58 bits per heavy atom. The maximum atomic E-state index is 12.6. The van der Waals surface area contributed by atoms with Crippen molar-refractivity contribution in [2.75, 3.05) is 5.32 Å². The monoisotopic (exact) mass is 459 g/mol. The highest BCUT2D eigenvalue weighted by molar-refractivity contribution is 7.89. The summed E-state index contributed by atoms with van der Waals surface area (Å²) in [6, 6.07) is 13.7. The van der Waals surface area contributed by atoms with Crippen LogP contribution in [0.4, 0.5) is 5.69 Å². The maximum absolute atomic E-state index is 12.6. The van der Waals surface area contributed by atoms with Crippen LogP contribution in [0.5, 0.6) is 0 Å². The van der Waals surface area contributed by atoms with Gasteiger partial charge in [0.1, 0.15) is 0 Å². The summed E-state index contributed by atoms with van der Waals surface area (Å²) in [5.74, 6) is 0.0909. The predicted octanol–water partition coefficient (Wildman–Crippen LogP) is 4.55. The molecule has 2 aromatic carbocycles. The molecule has 0 aromatic heterocycles. The molecule has 1 amide bonds. The standard InChI is InChI=1S/C23H29N3O3S2/c1-16(2)17-8-10-18(11-9-17)22(27)25-23(30)24-19-12-14-21(15-13-19)31(28,29)26-20-6-4-3-5-7-20/h8-16,20,26H,3-7H2,1-2H3,(H2,24,25,27,30). The number of rotatable bonds is 6. The van der Waals surface area contributed by atoms with Crippen LogP contribution in [0.1, 0.15) is 67.8 Å². The largest absolute Gasteiger partial charge is 0.332 e. The lowest BCUT2D eigenvalue weighted by Gasteiger charge is -2.22. The van der Waals surface area contributed by atoms with Crippen molar-refractivity contribution in [3.05, 3.63) is 59.7 Å². The van der Waals surface area contributed by atoms with Gasteiger partial charge in [-0.05, 0) is 72.9 Å². The van der Waals surface area contributed by atoms with E-state index in [1.165, 1.54) is 12.1 Å². The molecule has 0 unspecified atom stereocenters. The average Bonchev–Trinajstić information content (AvgIpc) is 2.74. The number of anilines is 1. The van der Waals surface area contributed by atoms with Crippen LogP contribution < -0.4 is 15.4 Å². The molecule has 1 fully saturated rings. The second kappa shape index (κ2) is 10.3. The first-order valence-corrected chi connectivity index (χ1v) is 12.5. The third-order valence-corrected chi connectivity index (χ3v) is 7.16. The minimum absolute atomic E-state index is 0.00828. The Kier molecular flexibility index (Phi) is 7.80. The second-order valence-corrected chi connectivity index (χ2v) is 10.3. The van der Waals surface area contributed by atoms with Crippen LogP contribution in [0.2, 0.25) is 0 Å². The lowest BCUT2D eigenvalue weighted by molar-refractivity contribution is 0.0977. The van der Waals surface area contributed by atoms with E-state index in [2.05, 4.69) is 29.2 Å². The number of carbonyl (C=O) groups excluding carboxylic acids is 1. The van der Waals surface area contributed by atoms with Crippen molar-refractivity contribution in [1.82, 2.24) is 10.0 Å². The summed E-state index contributed by atoms with van der Waals surface area (Å²) < 4.78 is 28.0. The van der Waals surface area contributed by atoms with Crippen LogP contribution in [0, 0.1) is 0 Å². The molecule has 2 aromatic rings. The number of thiocarbonyl (C=S) groups is 1. The SMILES string of the molecule is CC(C)c1ccc(C(=O)NC(=S)Nc2ccc(S(=O)(=O)NC3CCCCC3)cc2)cc1. The molecule has 8 heteroatoms. The van der Waals surface area contributed by atoms with Crippen LogP contribution in [0.15, 0.2) is 53.4 Å². The van der Waals surface area contributed by atoms with Crippen molar-refractivity contribution >= 4 is 38.9 Å². The van der Waals surface area contributed by atoms with E-state index in [0.717, 1.165) is 37.7 Å². The van der Waals surface area contributed by atoms with Crippen LogP contribution >= 0.6 is 12.2 Å². The zero-order valence-electron chi connectivity index (χ0n) is 17.9. The highest BCUT2D eigenvalue weighted by Gasteiger charge is 2.21. The number of carbonyl (C=O) groups is 1. The molecule has 6 nitrogen and oxygen atoms in total. The van der Waals surface area contributed by atoms with Gasteiger partial charge in [-0.2, -0.15) is 0 Å². The van der Waals surface area contributed by atoms with Crippen molar-refractivity contribution in [2.24, 2.45) is 0 Å². The third-order valence-electron chi connectivity index (χ3n) is 5.42. The zero-order chi connectivity index (χ0) is 22.4. The fourth-order valence-corrected chi connectivity index (χ4v) is 5.10. The van der Waals surface area contributed by atoms with E-state index in [4.69, 9.17) is 12.2 Å². The number of amides is 1. The second-order valence-electron chi connectivity index (χ2n) is 8.17. The molecule has 0 aliphatic heterocycles. The van der Waals surface area contributed by atoms with Crippen LogP contribution in [-0.4, -0.2) is 25.5 Å². The summed E-state index contributed by atoms with van der Waals surface area (Å²) in [6.07, 6.45) is 5.04. The van der Waals surface area contributed by atoms with Crippen LogP contribution in [0.3, 0.4) is 0 Å². The predicted molar refractivity (Wildman–Crippen MR) is 128 cm³/mol. The molecule has 166 valence electrons.